The minimum Gasteiger partial charge on any atom is -0.495 e. The zero-order chi connectivity index (χ0) is 22.9. The molecule has 0 aliphatic carbocycles. The summed E-state index contributed by atoms with van der Waals surface area (Å²) in [7, 11) is -0.442. The van der Waals surface area contributed by atoms with Crippen molar-refractivity contribution in [3.63, 3.8) is 0 Å². The molecule has 0 radical (unpaired) electrons. The van der Waals surface area contributed by atoms with E-state index < -0.39 is 10.0 Å². The molecule has 0 unspecified atom stereocenters. The molecular weight excluding hydrogens is 450 g/mol. The van der Waals surface area contributed by atoms with Gasteiger partial charge in [-0.15, -0.1) is 0 Å². The van der Waals surface area contributed by atoms with Gasteiger partial charge in [0.05, 0.1) is 19.1 Å². The number of ether oxygens (including phenoxy) is 2. The van der Waals surface area contributed by atoms with E-state index in [1.807, 2.05) is 0 Å². The van der Waals surface area contributed by atoms with E-state index in [1.54, 1.807) is 26.4 Å². The number of methoxy groups -OCH3 is 2. The van der Waals surface area contributed by atoms with Crippen molar-refractivity contribution in [3.8, 4) is 11.5 Å². The molecule has 3 aromatic rings. The van der Waals surface area contributed by atoms with E-state index in [9.17, 15) is 13.2 Å². The van der Waals surface area contributed by atoms with Crippen molar-refractivity contribution >= 4 is 42.6 Å². The van der Waals surface area contributed by atoms with E-state index in [-0.39, 0.29) is 10.8 Å². The van der Waals surface area contributed by atoms with Crippen LogP contribution in [0.1, 0.15) is 30.1 Å². The lowest BCUT2D eigenvalue weighted by atomic mass is 10.0. The van der Waals surface area contributed by atoms with Crippen molar-refractivity contribution in [1.82, 2.24) is 9.29 Å². The van der Waals surface area contributed by atoms with E-state index in [0.717, 1.165) is 17.5 Å². The summed E-state index contributed by atoms with van der Waals surface area (Å²) >= 11 is 1.28. The van der Waals surface area contributed by atoms with Crippen LogP contribution in [0.4, 0.5) is 5.13 Å². The second-order valence-electron chi connectivity index (χ2n) is 7.76. The van der Waals surface area contributed by atoms with Gasteiger partial charge in [-0.05, 0) is 55.2 Å². The highest BCUT2D eigenvalue weighted by molar-refractivity contribution is 7.89. The number of benzene rings is 2. The van der Waals surface area contributed by atoms with Crippen LogP contribution in [0, 0.1) is 5.92 Å². The number of nitrogens with one attached hydrogen (secondary N) is 1. The Morgan fingerprint density at radius 3 is 2.47 bits per heavy atom. The lowest BCUT2D eigenvalue weighted by Crippen LogP contribution is -2.39. The van der Waals surface area contributed by atoms with Crippen LogP contribution >= 0.6 is 11.3 Å². The highest BCUT2D eigenvalue weighted by Crippen LogP contribution is 2.39. The monoisotopic (exact) mass is 475 g/mol. The van der Waals surface area contributed by atoms with Gasteiger partial charge in [-0.3, -0.25) is 10.1 Å². The van der Waals surface area contributed by atoms with Crippen molar-refractivity contribution < 1.29 is 22.7 Å². The number of rotatable bonds is 6. The molecule has 170 valence electrons. The third kappa shape index (κ3) is 4.30. The third-order valence-corrected chi connectivity index (χ3v) is 8.37. The summed E-state index contributed by atoms with van der Waals surface area (Å²) in [6.07, 6.45) is 1.90. The first-order valence-corrected chi connectivity index (χ1v) is 12.5. The number of nitrogens with zero attached hydrogens (tertiary/aromatic N) is 2. The Kier molecular flexibility index (Phi) is 6.36. The lowest BCUT2D eigenvalue weighted by Gasteiger charge is -2.30. The molecule has 1 atom stereocenters. The Morgan fingerprint density at radius 1 is 1.12 bits per heavy atom. The van der Waals surface area contributed by atoms with Crippen LogP contribution in [0.2, 0.25) is 0 Å². The first-order valence-electron chi connectivity index (χ1n) is 10.3. The Labute approximate surface area is 191 Å². The zero-order valence-corrected chi connectivity index (χ0v) is 19.8. The maximum atomic E-state index is 12.9. The number of hydrogen-bond acceptors (Lipinski definition) is 7. The molecule has 1 N–H and O–H groups in total. The van der Waals surface area contributed by atoms with Crippen LogP contribution in [-0.4, -0.2) is 50.9 Å². The first-order chi connectivity index (χ1) is 15.3. The van der Waals surface area contributed by atoms with E-state index in [2.05, 4.69) is 17.2 Å². The SMILES string of the molecule is COc1ccc(OC)c2sc(NC(=O)c3ccc(S(=O)(=O)N4CCC[C@H](C)C4)cc3)nc12. The maximum Gasteiger partial charge on any atom is 0.257 e. The molecular formula is C22H25N3O5S2. The average molecular weight is 476 g/mol. The summed E-state index contributed by atoms with van der Waals surface area (Å²) in [4.78, 5) is 17.4. The molecule has 2 heterocycles. The number of anilines is 1. The fourth-order valence-electron chi connectivity index (χ4n) is 3.80. The predicted molar refractivity (Wildman–Crippen MR) is 124 cm³/mol. The van der Waals surface area contributed by atoms with Gasteiger partial charge in [-0.2, -0.15) is 4.31 Å². The van der Waals surface area contributed by atoms with Crippen molar-refractivity contribution in [2.45, 2.75) is 24.7 Å². The van der Waals surface area contributed by atoms with Crippen LogP contribution in [-0.2, 0) is 10.0 Å². The molecule has 8 nitrogen and oxygen atoms in total. The fourth-order valence-corrected chi connectivity index (χ4v) is 6.37. The smallest absolute Gasteiger partial charge is 0.257 e. The standard InChI is InChI=1S/C22H25N3O5S2/c1-14-5-4-12-25(13-14)32(27,28)16-8-6-15(7-9-16)21(26)24-22-23-19-17(29-2)10-11-18(30-3)20(19)31-22/h6-11,14H,4-5,12-13H2,1-3H3,(H,23,24,26)/t14-/m0/s1. The highest BCUT2D eigenvalue weighted by atomic mass is 32.2. The zero-order valence-electron chi connectivity index (χ0n) is 18.1. The summed E-state index contributed by atoms with van der Waals surface area (Å²) < 4.78 is 38.8. The molecule has 2 aromatic carbocycles. The summed E-state index contributed by atoms with van der Waals surface area (Å²) in [6.45, 7) is 3.11. The van der Waals surface area contributed by atoms with Gasteiger partial charge in [-0.25, -0.2) is 13.4 Å². The van der Waals surface area contributed by atoms with E-state index >= 15 is 0 Å². The number of fused-ring (bicyclic) bond motifs is 1. The number of thiazole rings is 1. The Hall–Kier alpha value is -2.69. The first kappa shape index (κ1) is 22.5. The minimum absolute atomic E-state index is 0.192. The Balaban J connectivity index is 1.53. The fraction of sp³-hybridized carbons (Fsp3) is 0.364. The topological polar surface area (TPSA) is 97.8 Å². The number of carbonyl (C=O) groups is 1. The number of sulfonamides is 1. The van der Waals surface area contributed by atoms with Crippen molar-refractivity contribution in [1.29, 1.82) is 0 Å². The van der Waals surface area contributed by atoms with E-state index in [0.29, 0.717) is 46.7 Å². The van der Waals surface area contributed by atoms with Gasteiger partial charge in [0, 0.05) is 18.7 Å². The van der Waals surface area contributed by atoms with Gasteiger partial charge in [0.15, 0.2) is 5.13 Å². The Morgan fingerprint density at radius 2 is 1.81 bits per heavy atom. The maximum absolute atomic E-state index is 12.9. The van der Waals surface area contributed by atoms with Crippen molar-refractivity contribution in [2.24, 2.45) is 5.92 Å². The molecule has 4 rings (SSSR count). The van der Waals surface area contributed by atoms with E-state index in [4.69, 9.17) is 9.47 Å². The quantitative estimate of drug-likeness (QED) is 0.579. The van der Waals surface area contributed by atoms with Gasteiger partial charge in [-0.1, -0.05) is 18.3 Å². The molecule has 1 aliphatic heterocycles. The molecule has 32 heavy (non-hydrogen) atoms. The summed E-state index contributed by atoms with van der Waals surface area (Å²) in [5, 5.41) is 3.17. The second kappa shape index (κ2) is 9.05. The van der Waals surface area contributed by atoms with Gasteiger partial charge in [0.2, 0.25) is 10.0 Å². The van der Waals surface area contributed by atoms with Crippen LogP contribution < -0.4 is 14.8 Å². The number of piperidine rings is 1. The molecule has 1 saturated heterocycles. The molecule has 1 amide bonds. The molecule has 0 spiro atoms. The normalized spacial score (nSPS) is 17.3. The third-order valence-electron chi connectivity index (χ3n) is 5.50. The van der Waals surface area contributed by atoms with Crippen molar-refractivity contribution in [3.05, 3.63) is 42.0 Å². The summed E-state index contributed by atoms with van der Waals surface area (Å²) in [6, 6.07) is 9.54. The molecule has 0 saturated carbocycles. The van der Waals surface area contributed by atoms with Crippen LogP contribution in [0.25, 0.3) is 10.2 Å². The van der Waals surface area contributed by atoms with E-state index in [1.165, 1.54) is 39.9 Å². The predicted octanol–water partition coefficient (Wildman–Crippen LogP) is 3.99. The van der Waals surface area contributed by atoms with Crippen LogP contribution in [0.3, 0.4) is 0 Å². The lowest BCUT2D eigenvalue weighted by molar-refractivity contribution is 0.102. The number of aromatic nitrogens is 1. The van der Waals surface area contributed by atoms with Gasteiger partial charge in [0.1, 0.15) is 21.7 Å². The summed E-state index contributed by atoms with van der Waals surface area (Å²) in [5.74, 6) is 1.19. The number of amides is 1. The van der Waals surface area contributed by atoms with Gasteiger partial charge in [0.25, 0.3) is 5.91 Å². The molecule has 10 heteroatoms. The second-order valence-corrected chi connectivity index (χ2v) is 10.7. The molecule has 0 bridgehead atoms. The number of hydrogen-bond donors (Lipinski definition) is 1. The average Bonchev–Trinajstić information content (AvgIpc) is 3.22. The molecule has 1 aliphatic rings. The van der Waals surface area contributed by atoms with Crippen LogP contribution in [0.15, 0.2) is 41.3 Å². The Bertz CT molecular complexity index is 1200. The van der Waals surface area contributed by atoms with Gasteiger partial charge < -0.3 is 9.47 Å². The number of carbonyl (C=O) groups excluding carboxylic acids is 1. The van der Waals surface area contributed by atoms with Crippen LogP contribution in [0.5, 0.6) is 11.5 Å². The van der Waals surface area contributed by atoms with Crippen molar-refractivity contribution in [2.75, 3.05) is 32.6 Å². The molecule has 1 aromatic heterocycles. The summed E-state index contributed by atoms with van der Waals surface area (Å²) in [5.41, 5.74) is 0.943. The minimum atomic E-state index is -3.57. The highest BCUT2D eigenvalue weighted by Gasteiger charge is 2.28. The van der Waals surface area contributed by atoms with Gasteiger partial charge >= 0.3 is 0 Å². The molecule has 1 fully saturated rings. The largest absolute Gasteiger partial charge is 0.495 e.